The molecule has 17 heavy (non-hydrogen) atoms. The number of halogens is 1. The van der Waals surface area contributed by atoms with E-state index in [9.17, 15) is 9.90 Å². The molecule has 0 fully saturated rings. The monoisotopic (exact) mass is 290 g/mol. The Morgan fingerprint density at radius 1 is 1.18 bits per heavy atom. The molecule has 0 aliphatic carbocycles. The standard InChI is InChI=1S/C14H11BrO2/c1-9(16)12-7-11(15)8-13(14(12)17)10-5-3-2-4-6-10/h2-8,17H,1H3. The Morgan fingerprint density at radius 2 is 1.82 bits per heavy atom. The number of aromatic hydroxyl groups is 1. The van der Waals surface area contributed by atoms with Gasteiger partial charge in [0.25, 0.3) is 0 Å². The van der Waals surface area contributed by atoms with E-state index in [-0.39, 0.29) is 11.5 Å². The summed E-state index contributed by atoms with van der Waals surface area (Å²) in [6.45, 7) is 1.44. The average molecular weight is 291 g/mol. The summed E-state index contributed by atoms with van der Waals surface area (Å²) < 4.78 is 0.777. The number of phenols is 1. The first-order chi connectivity index (χ1) is 8.09. The Balaban J connectivity index is 2.67. The van der Waals surface area contributed by atoms with Crippen LogP contribution < -0.4 is 0 Å². The molecule has 3 heteroatoms. The Morgan fingerprint density at radius 3 is 2.41 bits per heavy atom. The fraction of sp³-hybridized carbons (Fsp3) is 0.0714. The minimum absolute atomic E-state index is 0.0342. The molecule has 0 spiro atoms. The Kier molecular flexibility index (Phi) is 3.29. The second-order valence-corrected chi connectivity index (χ2v) is 4.69. The number of carbonyl (C=O) groups excluding carboxylic acids is 1. The predicted octanol–water partition coefficient (Wildman–Crippen LogP) is 4.02. The van der Waals surface area contributed by atoms with Crippen molar-refractivity contribution < 1.29 is 9.90 Å². The van der Waals surface area contributed by atoms with Gasteiger partial charge in [-0.1, -0.05) is 46.3 Å². The van der Waals surface area contributed by atoms with Gasteiger partial charge in [0.15, 0.2) is 5.78 Å². The van der Waals surface area contributed by atoms with Crippen molar-refractivity contribution in [1.82, 2.24) is 0 Å². The van der Waals surface area contributed by atoms with Crippen LogP contribution in [0.15, 0.2) is 46.9 Å². The largest absolute Gasteiger partial charge is 0.507 e. The van der Waals surface area contributed by atoms with Gasteiger partial charge in [-0.15, -0.1) is 0 Å². The molecule has 0 aliphatic rings. The molecule has 0 unspecified atom stereocenters. The number of carbonyl (C=O) groups is 1. The highest BCUT2D eigenvalue weighted by molar-refractivity contribution is 9.10. The van der Waals surface area contributed by atoms with Crippen LogP contribution >= 0.6 is 15.9 Å². The summed E-state index contributed by atoms with van der Waals surface area (Å²) in [6.07, 6.45) is 0. The van der Waals surface area contributed by atoms with Gasteiger partial charge in [0.2, 0.25) is 0 Å². The van der Waals surface area contributed by atoms with Crippen LogP contribution in [0.3, 0.4) is 0 Å². The lowest BCUT2D eigenvalue weighted by atomic mass is 10.00. The SMILES string of the molecule is CC(=O)c1cc(Br)cc(-c2ccccc2)c1O. The number of hydrogen-bond acceptors (Lipinski definition) is 2. The Labute approximate surface area is 108 Å². The molecule has 0 amide bonds. The van der Waals surface area contributed by atoms with Crippen LogP contribution in [0.2, 0.25) is 0 Å². The third-order valence-corrected chi connectivity index (χ3v) is 3.00. The number of benzene rings is 2. The molecule has 2 aromatic rings. The van der Waals surface area contributed by atoms with Crippen LogP contribution in [0.4, 0.5) is 0 Å². The fourth-order valence-electron chi connectivity index (χ4n) is 1.71. The Hall–Kier alpha value is -1.61. The number of Topliss-reactive ketones (excluding diaryl/α,β-unsaturated/α-hetero) is 1. The van der Waals surface area contributed by atoms with Crippen LogP contribution in [0, 0.1) is 0 Å². The lowest BCUT2D eigenvalue weighted by Crippen LogP contribution is -1.94. The van der Waals surface area contributed by atoms with Crippen molar-refractivity contribution in [3.63, 3.8) is 0 Å². The van der Waals surface area contributed by atoms with Gasteiger partial charge in [-0.3, -0.25) is 4.79 Å². The normalized spacial score (nSPS) is 10.2. The fourth-order valence-corrected chi connectivity index (χ4v) is 2.16. The van der Waals surface area contributed by atoms with Gasteiger partial charge in [-0.2, -0.15) is 0 Å². The summed E-state index contributed by atoms with van der Waals surface area (Å²) in [5, 5.41) is 10.1. The number of ketones is 1. The molecule has 1 N–H and O–H groups in total. The summed E-state index contributed by atoms with van der Waals surface area (Å²) in [7, 11) is 0. The first-order valence-corrected chi connectivity index (χ1v) is 5.98. The quantitative estimate of drug-likeness (QED) is 0.848. The molecular formula is C14H11BrO2. The molecule has 0 saturated carbocycles. The van der Waals surface area contributed by atoms with Crippen molar-refractivity contribution in [2.24, 2.45) is 0 Å². The van der Waals surface area contributed by atoms with Crippen LogP contribution in [-0.4, -0.2) is 10.9 Å². The van der Waals surface area contributed by atoms with Crippen molar-refractivity contribution in [3.8, 4) is 16.9 Å². The third kappa shape index (κ3) is 2.39. The molecular weight excluding hydrogens is 280 g/mol. The van der Waals surface area contributed by atoms with Gasteiger partial charge in [0.1, 0.15) is 5.75 Å². The summed E-state index contributed by atoms with van der Waals surface area (Å²) in [6, 6.07) is 12.9. The van der Waals surface area contributed by atoms with Gasteiger partial charge in [0, 0.05) is 10.0 Å². The van der Waals surface area contributed by atoms with Crippen molar-refractivity contribution in [2.75, 3.05) is 0 Å². The van der Waals surface area contributed by atoms with Gasteiger partial charge in [-0.05, 0) is 24.6 Å². The van der Waals surface area contributed by atoms with E-state index in [1.54, 1.807) is 12.1 Å². The van der Waals surface area contributed by atoms with Gasteiger partial charge >= 0.3 is 0 Å². The van der Waals surface area contributed by atoms with Gasteiger partial charge < -0.3 is 5.11 Å². The smallest absolute Gasteiger partial charge is 0.163 e. The number of phenolic OH excluding ortho intramolecular Hbond substituents is 1. The lowest BCUT2D eigenvalue weighted by molar-refractivity contribution is 0.101. The average Bonchev–Trinajstić information content (AvgIpc) is 2.32. The maximum Gasteiger partial charge on any atom is 0.163 e. The Bertz CT molecular complexity index is 562. The summed E-state index contributed by atoms with van der Waals surface area (Å²) in [5.74, 6) is -0.118. The molecule has 0 atom stereocenters. The van der Waals surface area contributed by atoms with Crippen molar-refractivity contribution in [2.45, 2.75) is 6.92 Å². The highest BCUT2D eigenvalue weighted by Gasteiger charge is 2.13. The van der Waals surface area contributed by atoms with Crippen LogP contribution in [0.5, 0.6) is 5.75 Å². The predicted molar refractivity (Wildman–Crippen MR) is 71.2 cm³/mol. The van der Waals surface area contributed by atoms with E-state index in [1.807, 2.05) is 30.3 Å². The van der Waals surface area contributed by atoms with Crippen molar-refractivity contribution in [1.29, 1.82) is 0 Å². The number of rotatable bonds is 2. The topological polar surface area (TPSA) is 37.3 Å². The van der Waals surface area contributed by atoms with Crippen LogP contribution in [0.25, 0.3) is 11.1 Å². The maximum absolute atomic E-state index is 11.4. The molecule has 0 aromatic heterocycles. The molecule has 2 nitrogen and oxygen atoms in total. The van der Waals surface area contributed by atoms with Crippen molar-refractivity contribution >= 4 is 21.7 Å². The molecule has 0 aliphatic heterocycles. The van der Waals surface area contributed by atoms with Crippen LogP contribution in [-0.2, 0) is 0 Å². The zero-order valence-corrected chi connectivity index (χ0v) is 10.9. The molecule has 0 saturated heterocycles. The summed E-state index contributed by atoms with van der Waals surface area (Å²) in [4.78, 5) is 11.4. The van der Waals surface area contributed by atoms with E-state index in [0.29, 0.717) is 11.1 Å². The molecule has 2 rings (SSSR count). The second-order valence-electron chi connectivity index (χ2n) is 3.77. The van der Waals surface area contributed by atoms with Gasteiger partial charge in [-0.25, -0.2) is 0 Å². The van der Waals surface area contributed by atoms with E-state index in [0.717, 1.165) is 10.0 Å². The lowest BCUT2D eigenvalue weighted by Gasteiger charge is -2.09. The van der Waals surface area contributed by atoms with E-state index in [2.05, 4.69) is 15.9 Å². The third-order valence-electron chi connectivity index (χ3n) is 2.54. The zero-order chi connectivity index (χ0) is 12.4. The summed E-state index contributed by atoms with van der Waals surface area (Å²) >= 11 is 3.35. The van der Waals surface area contributed by atoms with Gasteiger partial charge in [0.05, 0.1) is 5.56 Å². The highest BCUT2D eigenvalue weighted by atomic mass is 79.9. The molecule has 0 bridgehead atoms. The maximum atomic E-state index is 11.4. The second kappa shape index (κ2) is 4.72. The van der Waals surface area contributed by atoms with Crippen molar-refractivity contribution in [3.05, 3.63) is 52.5 Å². The van der Waals surface area contributed by atoms with E-state index >= 15 is 0 Å². The minimum Gasteiger partial charge on any atom is -0.507 e. The molecule has 0 heterocycles. The zero-order valence-electron chi connectivity index (χ0n) is 9.27. The number of hydrogen-bond donors (Lipinski definition) is 1. The molecule has 0 radical (unpaired) electrons. The van der Waals surface area contributed by atoms with E-state index < -0.39 is 0 Å². The minimum atomic E-state index is -0.152. The first kappa shape index (κ1) is 11.9. The summed E-state index contributed by atoms with van der Waals surface area (Å²) in [5.41, 5.74) is 1.87. The molecule has 2 aromatic carbocycles. The van der Waals surface area contributed by atoms with E-state index in [4.69, 9.17) is 0 Å². The van der Waals surface area contributed by atoms with Crippen LogP contribution in [0.1, 0.15) is 17.3 Å². The highest BCUT2D eigenvalue weighted by Crippen LogP contribution is 2.35. The first-order valence-electron chi connectivity index (χ1n) is 5.18. The van der Waals surface area contributed by atoms with E-state index in [1.165, 1.54) is 6.92 Å². The molecule has 86 valence electrons.